The van der Waals surface area contributed by atoms with Crippen LogP contribution in [0.4, 0.5) is 0 Å². The first kappa shape index (κ1) is 13.4. The molecule has 0 bridgehead atoms. The van der Waals surface area contributed by atoms with Gasteiger partial charge in [-0.2, -0.15) is 0 Å². The average molecular weight is 230 g/mol. The van der Waals surface area contributed by atoms with Crippen molar-refractivity contribution in [3.8, 4) is 0 Å². The van der Waals surface area contributed by atoms with Gasteiger partial charge in [0.05, 0.1) is 18.2 Å². The Bertz CT molecular complexity index is 235. The van der Waals surface area contributed by atoms with Crippen molar-refractivity contribution in [3.05, 3.63) is 0 Å². The Morgan fingerprint density at radius 2 is 2.19 bits per heavy atom. The molecule has 0 radical (unpaired) electrons. The summed E-state index contributed by atoms with van der Waals surface area (Å²) in [6.07, 6.45) is 0.658. The van der Waals surface area contributed by atoms with E-state index >= 15 is 0 Å². The van der Waals surface area contributed by atoms with Crippen molar-refractivity contribution < 1.29 is 15.0 Å². The summed E-state index contributed by atoms with van der Waals surface area (Å²) in [5.74, 6) is -0.107. The molecule has 1 heterocycles. The zero-order chi connectivity index (χ0) is 12.1. The van der Waals surface area contributed by atoms with Gasteiger partial charge < -0.3 is 15.5 Å². The highest BCUT2D eigenvalue weighted by Crippen LogP contribution is 2.18. The smallest absolute Gasteiger partial charge is 0.216 e. The number of nitrogens with zero attached hydrogens (tertiary/aromatic N) is 1. The van der Waals surface area contributed by atoms with E-state index in [1.54, 1.807) is 0 Å². The summed E-state index contributed by atoms with van der Waals surface area (Å²) >= 11 is 0. The first-order valence-electron chi connectivity index (χ1n) is 5.90. The van der Waals surface area contributed by atoms with Gasteiger partial charge in [-0.25, -0.2) is 0 Å². The van der Waals surface area contributed by atoms with E-state index in [-0.39, 0.29) is 11.9 Å². The topological polar surface area (TPSA) is 72.8 Å². The van der Waals surface area contributed by atoms with Gasteiger partial charge in [0.2, 0.25) is 5.91 Å². The quantitative estimate of drug-likeness (QED) is 0.585. The van der Waals surface area contributed by atoms with Crippen LogP contribution in [-0.4, -0.2) is 58.9 Å². The lowest BCUT2D eigenvalue weighted by atomic mass is 10.1. The van der Waals surface area contributed by atoms with Crippen LogP contribution in [0.3, 0.4) is 0 Å². The summed E-state index contributed by atoms with van der Waals surface area (Å²) in [7, 11) is 0. The van der Waals surface area contributed by atoms with E-state index in [2.05, 4.69) is 17.1 Å². The van der Waals surface area contributed by atoms with Gasteiger partial charge in [0, 0.05) is 20.0 Å². The van der Waals surface area contributed by atoms with E-state index < -0.39 is 12.2 Å². The van der Waals surface area contributed by atoms with Crippen molar-refractivity contribution in [1.29, 1.82) is 0 Å². The summed E-state index contributed by atoms with van der Waals surface area (Å²) in [4.78, 5) is 12.9. The fourth-order valence-corrected chi connectivity index (χ4v) is 2.07. The Hall–Kier alpha value is -0.650. The van der Waals surface area contributed by atoms with E-state index in [1.807, 2.05) is 0 Å². The lowest BCUT2D eigenvalue weighted by Crippen LogP contribution is -2.45. The third-order valence-corrected chi connectivity index (χ3v) is 3.04. The van der Waals surface area contributed by atoms with Crippen molar-refractivity contribution in [3.63, 3.8) is 0 Å². The molecule has 16 heavy (non-hydrogen) atoms. The van der Waals surface area contributed by atoms with Crippen LogP contribution in [-0.2, 0) is 4.79 Å². The Labute approximate surface area is 96.4 Å². The zero-order valence-electron chi connectivity index (χ0n) is 10.0. The second-order valence-corrected chi connectivity index (χ2v) is 4.41. The van der Waals surface area contributed by atoms with Gasteiger partial charge in [-0.1, -0.05) is 13.3 Å². The molecule has 1 fully saturated rings. The number of β-amino-alcohol motifs (C(OH)–C–C–N with tert-alkyl or cyclic N) is 1. The van der Waals surface area contributed by atoms with Gasteiger partial charge in [-0.3, -0.25) is 9.69 Å². The molecule has 0 aromatic heterocycles. The number of aliphatic hydroxyl groups is 2. The molecule has 5 nitrogen and oxygen atoms in total. The molecule has 1 aliphatic heterocycles. The molecule has 94 valence electrons. The van der Waals surface area contributed by atoms with E-state index in [1.165, 1.54) is 6.92 Å². The normalized spacial score (nSPS) is 30.6. The number of hydrogen-bond donors (Lipinski definition) is 3. The van der Waals surface area contributed by atoms with Crippen LogP contribution in [0.2, 0.25) is 0 Å². The summed E-state index contributed by atoms with van der Waals surface area (Å²) in [6, 6.07) is -0.162. The standard InChI is InChI=1S/C11H22N2O3/c1-3-4-5-13-7-10(15)11(16)9(13)6-12-8(2)14/h9-11,15-16H,3-7H2,1-2H3,(H,12,14)/t9-,10+,11-/m1/s1. The molecule has 1 rings (SSSR count). The Morgan fingerprint density at radius 1 is 1.50 bits per heavy atom. The van der Waals surface area contributed by atoms with Gasteiger partial charge in [0.15, 0.2) is 0 Å². The van der Waals surface area contributed by atoms with Gasteiger partial charge in [0.25, 0.3) is 0 Å². The zero-order valence-corrected chi connectivity index (χ0v) is 10.0. The monoisotopic (exact) mass is 230 g/mol. The minimum Gasteiger partial charge on any atom is -0.389 e. The molecule has 0 aromatic carbocycles. The number of aliphatic hydroxyl groups excluding tert-OH is 2. The van der Waals surface area contributed by atoms with Crippen LogP contribution in [0.1, 0.15) is 26.7 Å². The summed E-state index contributed by atoms with van der Waals surface area (Å²) in [5.41, 5.74) is 0. The van der Waals surface area contributed by atoms with E-state index in [0.717, 1.165) is 19.4 Å². The molecule has 1 amide bonds. The van der Waals surface area contributed by atoms with Crippen LogP contribution in [0.15, 0.2) is 0 Å². The van der Waals surface area contributed by atoms with Crippen LogP contribution in [0.25, 0.3) is 0 Å². The molecule has 0 unspecified atom stereocenters. The van der Waals surface area contributed by atoms with Gasteiger partial charge >= 0.3 is 0 Å². The largest absolute Gasteiger partial charge is 0.389 e. The molecule has 1 saturated heterocycles. The second kappa shape index (κ2) is 6.18. The second-order valence-electron chi connectivity index (χ2n) is 4.41. The van der Waals surface area contributed by atoms with Gasteiger partial charge in [-0.05, 0) is 13.0 Å². The highest BCUT2D eigenvalue weighted by atomic mass is 16.3. The van der Waals surface area contributed by atoms with Crippen LogP contribution < -0.4 is 5.32 Å². The fraction of sp³-hybridized carbons (Fsp3) is 0.909. The lowest BCUT2D eigenvalue weighted by molar-refractivity contribution is -0.119. The first-order valence-corrected chi connectivity index (χ1v) is 5.90. The maximum atomic E-state index is 10.8. The number of likely N-dealkylation sites (tertiary alicyclic amines) is 1. The van der Waals surface area contributed by atoms with Crippen molar-refractivity contribution in [1.82, 2.24) is 10.2 Å². The molecule has 3 atom stereocenters. The number of hydrogen-bond acceptors (Lipinski definition) is 4. The molecule has 0 aliphatic carbocycles. The molecular formula is C11H22N2O3. The maximum Gasteiger partial charge on any atom is 0.216 e. The third kappa shape index (κ3) is 3.43. The summed E-state index contributed by atoms with van der Waals surface area (Å²) in [6.45, 7) is 5.30. The van der Waals surface area contributed by atoms with E-state index in [9.17, 15) is 15.0 Å². The van der Waals surface area contributed by atoms with Gasteiger partial charge in [-0.15, -0.1) is 0 Å². The van der Waals surface area contributed by atoms with E-state index in [0.29, 0.717) is 13.1 Å². The number of amides is 1. The maximum absolute atomic E-state index is 10.8. The molecule has 0 spiro atoms. The lowest BCUT2D eigenvalue weighted by Gasteiger charge is -2.25. The highest BCUT2D eigenvalue weighted by Gasteiger charge is 2.39. The molecule has 0 aromatic rings. The highest BCUT2D eigenvalue weighted by molar-refractivity contribution is 5.72. The average Bonchev–Trinajstić information content (AvgIpc) is 2.49. The summed E-state index contributed by atoms with van der Waals surface area (Å²) < 4.78 is 0. The molecule has 3 N–H and O–H groups in total. The van der Waals surface area contributed by atoms with Crippen LogP contribution >= 0.6 is 0 Å². The third-order valence-electron chi connectivity index (χ3n) is 3.04. The number of rotatable bonds is 5. The molecule has 0 saturated carbocycles. The molecule has 5 heteroatoms. The summed E-state index contributed by atoms with van der Waals surface area (Å²) in [5, 5.41) is 22.1. The van der Waals surface area contributed by atoms with Crippen molar-refractivity contribution in [2.45, 2.75) is 44.9 Å². The Morgan fingerprint density at radius 3 is 2.75 bits per heavy atom. The number of unbranched alkanes of at least 4 members (excludes halogenated alkanes) is 1. The Kier molecular flexibility index (Phi) is 5.18. The Balaban J connectivity index is 2.49. The minimum absolute atomic E-state index is 0.107. The van der Waals surface area contributed by atoms with Crippen molar-refractivity contribution >= 4 is 5.91 Å². The number of nitrogens with one attached hydrogen (secondary N) is 1. The number of carbonyl (C=O) groups excluding carboxylic acids is 1. The first-order chi connectivity index (χ1) is 7.56. The van der Waals surface area contributed by atoms with Crippen LogP contribution in [0.5, 0.6) is 0 Å². The molecular weight excluding hydrogens is 208 g/mol. The predicted molar refractivity (Wildman–Crippen MR) is 61.0 cm³/mol. The minimum atomic E-state index is -0.760. The van der Waals surface area contributed by atoms with Crippen molar-refractivity contribution in [2.75, 3.05) is 19.6 Å². The predicted octanol–water partition coefficient (Wildman–Crippen LogP) is -0.671. The SMILES string of the molecule is CCCCN1C[C@H](O)[C@H](O)[C@H]1CNC(C)=O. The van der Waals surface area contributed by atoms with Crippen LogP contribution in [0, 0.1) is 0 Å². The molecule has 1 aliphatic rings. The van der Waals surface area contributed by atoms with Gasteiger partial charge in [0.1, 0.15) is 0 Å². The fourth-order valence-electron chi connectivity index (χ4n) is 2.07. The van der Waals surface area contributed by atoms with Crippen molar-refractivity contribution in [2.24, 2.45) is 0 Å². The number of carbonyl (C=O) groups is 1. The van der Waals surface area contributed by atoms with E-state index in [4.69, 9.17) is 0 Å².